The van der Waals surface area contributed by atoms with Crippen LogP contribution in [0.3, 0.4) is 0 Å². The van der Waals surface area contributed by atoms with Gasteiger partial charge in [0, 0.05) is 12.8 Å². The molecular formula is C26H32O4. The number of carboxylic acid groups (broad SMARTS) is 2. The Labute approximate surface area is 179 Å². The molecule has 0 aliphatic carbocycles. The van der Waals surface area contributed by atoms with Crippen molar-refractivity contribution >= 4 is 11.9 Å². The largest absolute Gasteiger partial charge is 0.481 e. The summed E-state index contributed by atoms with van der Waals surface area (Å²) in [5.74, 6) is -1.47. The summed E-state index contributed by atoms with van der Waals surface area (Å²) in [5.41, 5.74) is 2.64. The van der Waals surface area contributed by atoms with Crippen molar-refractivity contribution in [2.75, 3.05) is 0 Å². The van der Waals surface area contributed by atoms with Crippen molar-refractivity contribution in [3.8, 4) is 0 Å². The van der Waals surface area contributed by atoms with Crippen LogP contribution in [0, 0.1) is 0 Å². The molecule has 0 saturated carbocycles. The Morgan fingerprint density at radius 2 is 0.900 bits per heavy atom. The monoisotopic (exact) mass is 408 g/mol. The van der Waals surface area contributed by atoms with Crippen molar-refractivity contribution in [3.63, 3.8) is 0 Å². The van der Waals surface area contributed by atoms with Gasteiger partial charge in [-0.2, -0.15) is 0 Å². The van der Waals surface area contributed by atoms with Crippen molar-refractivity contribution in [2.45, 2.75) is 51.4 Å². The number of carbonyl (C=O) groups is 2. The second-order valence-corrected chi connectivity index (χ2v) is 6.86. The standard InChI is InChI=1S/2C13H16O2/c2*14-13(15)11-7-2-1-4-8-12-9-5-3-6-10-12/h2*1-3,5-6,9-10H,4,7-8,11H2,(H,14,15)/b2*2-1+. The average Bonchev–Trinajstić information content (AvgIpc) is 2.75. The first-order valence-corrected chi connectivity index (χ1v) is 10.4. The third kappa shape index (κ3) is 14.9. The molecule has 0 fully saturated rings. The van der Waals surface area contributed by atoms with Gasteiger partial charge < -0.3 is 10.2 Å². The lowest BCUT2D eigenvalue weighted by atomic mass is 10.1. The quantitative estimate of drug-likeness (QED) is 0.417. The molecule has 2 N–H and O–H groups in total. The Kier molecular flexibility index (Phi) is 13.9. The van der Waals surface area contributed by atoms with Crippen molar-refractivity contribution in [2.24, 2.45) is 0 Å². The fourth-order valence-electron chi connectivity index (χ4n) is 2.67. The first-order valence-electron chi connectivity index (χ1n) is 10.4. The van der Waals surface area contributed by atoms with Crippen LogP contribution in [0.15, 0.2) is 85.0 Å². The van der Waals surface area contributed by atoms with Crippen LogP contribution in [-0.2, 0) is 22.4 Å². The second kappa shape index (κ2) is 16.8. The molecule has 0 aliphatic heterocycles. The van der Waals surface area contributed by atoms with Gasteiger partial charge in [0.25, 0.3) is 0 Å². The summed E-state index contributed by atoms with van der Waals surface area (Å²) in [4.78, 5) is 20.4. The van der Waals surface area contributed by atoms with Crippen LogP contribution >= 0.6 is 0 Å². The number of aliphatic carboxylic acids is 2. The average molecular weight is 409 g/mol. The van der Waals surface area contributed by atoms with Gasteiger partial charge in [0.15, 0.2) is 0 Å². The number of aryl methyl sites for hydroxylation is 2. The van der Waals surface area contributed by atoms with Crippen molar-refractivity contribution in [1.82, 2.24) is 0 Å². The lowest BCUT2D eigenvalue weighted by Gasteiger charge is -1.96. The Morgan fingerprint density at radius 3 is 1.23 bits per heavy atom. The zero-order valence-corrected chi connectivity index (χ0v) is 17.5. The highest BCUT2D eigenvalue weighted by atomic mass is 16.4. The van der Waals surface area contributed by atoms with Gasteiger partial charge in [0.1, 0.15) is 0 Å². The number of hydrogen-bond acceptors (Lipinski definition) is 2. The molecule has 0 bridgehead atoms. The summed E-state index contributed by atoms with van der Waals surface area (Å²) >= 11 is 0. The number of carboxylic acids is 2. The van der Waals surface area contributed by atoms with Gasteiger partial charge in [-0.1, -0.05) is 85.0 Å². The van der Waals surface area contributed by atoms with Gasteiger partial charge in [0.2, 0.25) is 0 Å². The lowest BCUT2D eigenvalue weighted by Crippen LogP contribution is -1.91. The molecule has 160 valence electrons. The fourth-order valence-corrected chi connectivity index (χ4v) is 2.67. The highest BCUT2D eigenvalue weighted by Crippen LogP contribution is 2.04. The minimum Gasteiger partial charge on any atom is -0.481 e. The van der Waals surface area contributed by atoms with E-state index in [1.165, 1.54) is 11.1 Å². The lowest BCUT2D eigenvalue weighted by molar-refractivity contribution is -0.137. The second-order valence-electron chi connectivity index (χ2n) is 6.86. The molecule has 0 amide bonds. The molecule has 2 aromatic carbocycles. The van der Waals surface area contributed by atoms with Gasteiger partial charge in [-0.05, 0) is 49.7 Å². The van der Waals surface area contributed by atoms with Crippen molar-refractivity contribution in [1.29, 1.82) is 0 Å². The molecule has 0 radical (unpaired) electrons. The highest BCUT2D eigenvalue weighted by molar-refractivity contribution is 5.67. The number of rotatable bonds is 12. The SMILES string of the molecule is O=C(O)CC/C=C/CCc1ccccc1.O=C(O)CC/C=C/CCc1ccccc1. The molecule has 0 atom stereocenters. The van der Waals surface area contributed by atoms with Crippen LogP contribution in [0.5, 0.6) is 0 Å². The highest BCUT2D eigenvalue weighted by Gasteiger charge is 1.93. The molecule has 0 unspecified atom stereocenters. The molecule has 0 aliphatic rings. The van der Waals surface area contributed by atoms with Gasteiger partial charge in [-0.15, -0.1) is 0 Å². The summed E-state index contributed by atoms with van der Waals surface area (Å²) < 4.78 is 0. The van der Waals surface area contributed by atoms with Gasteiger partial charge in [0.05, 0.1) is 0 Å². The first kappa shape index (κ1) is 24.9. The van der Waals surface area contributed by atoms with Gasteiger partial charge in [-0.25, -0.2) is 0 Å². The minimum absolute atomic E-state index is 0.224. The van der Waals surface area contributed by atoms with Crippen LogP contribution in [0.4, 0.5) is 0 Å². The molecule has 4 nitrogen and oxygen atoms in total. The molecular weight excluding hydrogens is 376 g/mol. The van der Waals surface area contributed by atoms with E-state index in [9.17, 15) is 9.59 Å². The number of allylic oxidation sites excluding steroid dienone is 4. The van der Waals surface area contributed by atoms with E-state index >= 15 is 0 Å². The Bertz CT molecular complexity index is 697. The maximum Gasteiger partial charge on any atom is 0.303 e. The van der Waals surface area contributed by atoms with E-state index in [1.807, 2.05) is 48.6 Å². The minimum atomic E-state index is -0.734. The molecule has 0 aromatic heterocycles. The van der Waals surface area contributed by atoms with E-state index in [-0.39, 0.29) is 12.8 Å². The molecule has 2 aromatic rings. The predicted octanol–water partition coefficient (Wildman–Crippen LogP) is 6.08. The van der Waals surface area contributed by atoms with Crippen LogP contribution in [0.1, 0.15) is 49.7 Å². The zero-order chi connectivity index (χ0) is 21.9. The molecule has 0 heterocycles. The number of benzene rings is 2. The van der Waals surface area contributed by atoms with Crippen molar-refractivity contribution < 1.29 is 19.8 Å². The maximum atomic E-state index is 10.2. The van der Waals surface area contributed by atoms with Crippen LogP contribution in [0.2, 0.25) is 0 Å². The third-order valence-electron chi connectivity index (χ3n) is 4.27. The molecule has 4 heteroatoms. The molecule has 2 rings (SSSR count). The summed E-state index contributed by atoms with van der Waals surface area (Å²) in [6.45, 7) is 0. The van der Waals surface area contributed by atoms with Crippen LogP contribution < -0.4 is 0 Å². The van der Waals surface area contributed by atoms with Crippen LogP contribution in [0.25, 0.3) is 0 Å². The summed E-state index contributed by atoms with van der Waals surface area (Å²) in [7, 11) is 0. The Balaban J connectivity index is 0.000000300. The van der Waals surface area contributed by atoms with Gasteiger partial charge in [-0.3, -0.25) is 9.59 Å². The Hall–Kier alpha value is -3.14. The smallest absolute Gasteiger partial charge is 0.303 e. The molecule has 30 heavy (non-hydrogen) atoms. The summed E-state index contributed by atoms with van der Waals surface area (Å²) in [6.07, 6.45) is 13.7. The van der Waals surface area contributed by atoms with E-state index in [0.717, 1.165) is 25.7 Å². The van der Waals surface area contributed by atoms with E-state index in [2.05, 4.69) is 36.4 Å². The first-order chi connectivity index (χ1) is 14.6. The van der Waals surface area contributed by atoms with Gasteiger partial charge >= 0.3 is 11.9 Å². The Morgan fingerprint density at radius 1 is 0.567 bits per heavy atom. The zero-order valence-electron chi connectivity index (χ0n) is 17.5. The normalized spacial score (nSPS) is 10.7. The fraction of sp³-hybridized carbons (Fsp3) is 0.308. The van der Waals surface area contributed by atoms with E-state index in [0.29, 0.717) is 12.8 Å². The van der Waals surface area contributed by atoms with Crippen LogP contribution in [-0.4, -0.2) is 22.2 Å². The summed E-state index contributed by atoms with van der Waals surface area (Å²) in [5, 5.41) is 16.8. The molecule has 0 spiro atoms. The third-order valence-corrected chi connectivity index (χ3v) is 4.27. The number of hydrogen-bond donors (Lipinski definition) is 2. The van der Waals surface area contributed by atoms with E-state index in [1.54, 1.807) is 0 Å². The van der Waals surface area contributed by atoms with E-state index < -0.39 is 11.9 Å². The molecule has 0 saturated heterocycles. The summed E-state index contributed by atoms with van der Waals surface area (Å²) in [6, 6.07) is 20.5. The van der Waals surface area contributed by atoms with E-state index in [4.69, 9.17) is 10.2 Å². The topological polar surface area (TPSA) is 74.6 Å². The maximum absolute atomic E-state index is 10.2. The predicted molar refractivity (Wildman–Crippen MR) is 122 cm³/mol. The van der Waals surface area contributed by atoms with Crippen molar-refractivity contribution in [3.05, 3.63) is 96.1 Å².